The lowest BCUT2D eigenvalue weighted by atomic mass is 10.1. The second-order valence-electron chi connectivity index (χ2n) is 6.02. The Hall–Kier alpha value is -2.08. The van der Waals surface area contributed by atoms with Crippen molar-refractivity contribution in [2.75, 3.05) is 33.9 Å². The minimum Gasteiger partial charge on any atom is -0.495 e. The molecule has 1 N–H and O–H groups in total. The maximum Gasteiger partial charge on any atom is 0.176 e. The van der Waals surface area contributed by atoms with Gasteiger partial charge in [0.1, 0.15) is 11.5 Å². The molecule has 0 saturated heterocycles. The summed E-state index contributed by atoms with van der Waals surface area (Å²) in [6, 6.07) is 12.8. The predicted octanol–water partition coefficient (Wildman–Crippen LogP) is 3.42. The number of likely N-dealkylation sites (N-methyl/N-ethyl adjacent to an activating group) is 1. The van der Waals surface area contributed by atoms with Crippen molar-refractivity contribution < 1.29 is 19.4 Å². The van der Waals surface area contributed by atoms with E-state index in [-0.39, 0.29) is 18.9 Å². The number of rotatable bonds is 10. The van der Waals surface area contributed by atoms with Crippen LogP contribution >= 0.6 is 11.6 Å². The zero-order valence-electron chi connectivity index (χ0n) is 15.1. The highest BCUT2D eigenvalue weighted by atomic mass is 35.5. The molecule has 0 atom stereocenters. The Balaban J connectivity index is 1.93. The molecular weight excluding hydrogens is 354 g/mol. The van der Waals surface area contributed by atoms with Crippen LogP contribution in [0.3, 0.4) is 0 Å². The fourth-order valence-electron chi connectivity index (χ4n) is 2.53. The average molecular weight is 378 g/mol. The fourth-order valence-corrected chi connectivity index (χ4v) is 2.79. The van der Waals surface area contributed by atoms with Crippen molar-refractivity contribution in [3.8, 4) is 11.5 Å². The summed E-state index contributed by atoms with van der Waals surface area (Å²) in [4.78, 5) is 14.4. The first-order valence-electron chi connectivity index (χ1n) is 8.41. The Labute approximate surface area is 159 Å². The molecule has 5 nitrogen and oxygen atoms in total. The van der Waals surface area contributed by atoms with Crippen LogP contribution in [0, 0.1) is 0 Å². The molecule has 0 unspecified atom stereocenters. The molecule has 6 heteroatoms. The van der Waals surface area contributed by atoms with E-state index in [0.29, 0.717) is 35.9 Å². The number of carbonyl (C=O) groups is 1. The molecule has 0 aliphatic heterocycles. The molecular formula is C20H24ClNO4. The van der Waals surface area contributed by atoms with Crippen LogP contribution in [-0.4, -0.2) is 49.7 Å². The van der Waals surface area contributed by atoms with Gasteiger partial charge in [0.25, 0.3) is 0 Å². The molecule has 0 fully saturated rings. The molecule has 0 amide bonds. The molecule has 0 spiro atoms. The van der Waals surface area contributed by atoms with Gasteiger partial charge in [0.2, 0.25) is 0 Å². The predicted molar refractivity (Wildman–Crippen MR) is 102 cm³/mol. The van der Waals surface area contributed by atoms with Gasteiger partial charge in [0, 0.05) is 25.1 Å². The molecule has 26 heavy (non-hydrogen) atoms. The molecule has 0 aliphatic rings. The van der Waals surface area contributed by atoms with Crippen LogP contribution in [0.15, 0.2) is 42.5 Å². The van der Waals surface area contributed by atoms with Crippen molar-refractivity contribution in [3.63, 3.8) is 0 Å². The first-order chi connectivity index (χ1) is 12.5. The third-order valence-corrected chi connectivity index (χ3v) is 4.10. The number of Topliss-reactive ketones (excluding diaryl/α,β-unsaturated/α-hetero) is 1. The quantitative estimate of drug-likeness (QED) is 0.508. The lowest BCUT2D eigenvalue weighted by Gasteiger charge is -2.17. The van der Waals surface area contributed by atoms with Crippen molar-refractivity contribution in [2.24, 2.45) is 0 Å². The topological polar surface area (TPSA) is 59.0 Å². The van der Waals surface area contributed by atoms with Crippen LogP contribution in [-0.2, 0) is 6.54 Å². The van der Waals surface area contributed by atoms with Crippen LogP contribution in [0.4, 0.5) is 0 Å². The van der Waals surface area contributed by atoms with Gasteiger partial charge in [0.05, 0.1) is 25.3 Å². The molecule has 0 saturated carbocycles. The summed E-state index contributed by atoms with van der Waals surface area (Å²) in [6.07, 6.45) is 0.600. The first-order valence-corrected chi connectivity index (χ1v) is 8.79. The van der Waals surface area contributed by atoms with Gasteiger partial charge >= 0.3 is 0 Å². The lowest BCUT2D eigenvalue weighted by Crippen LogP contribution is -2.25. The maximum absolute atomic E-state index is 12.4. The van der Waals surface area contributed by atoms with Gasteiger partial charge in [-0.15, -0.1) is 0 Å². The number of aliphatic hydroxyl groups excluding tert-OH is 1. The molecule has 2 aromatic rings. The summed E-state index contributed by atoms with van der Waals surface area (Å²) in [5.74, 6) is 1.31. The summed E-state index contributed by atoms with van der Waals surface area (Å²) in [5, 5.41) is 9.23. The highest BCUT2D eigenvalue weighted by Crippen LogP contribution is 2.25. The van der Waals surface area contributed by atoms with Crippen LogP contribution < -0.4 is 9.47 Å². The summed E-state index contributed by atoms with van der Waals surface area (Å²) in [6.45, 7) is 1.48. The fraction of sp³-hybridized carbons (Fsp3) is 0.350. The Bertz CT molecular complexity index is 736. The average Bonchev–Trinajstić information content (AvgIpc) is 2.62. The van der Waals surface area contributed by atoms with Gasteiger partial charge in [-0.3, -0.25) is 9.69 Å². The van der Waals surface area contributed by atoms with E-state index in [1.165, 1.54) is 7.11 Å². The van der Waals surface area contributed by atoms with E-state index in [0.717, 1.165) is 11.3 Å². The van der Waals surface area contributed by atoms with Gasteiger partial charge in [-0.2, -0.15) is 0 Å². The zero-order valence-corrected chi connectivity index (χ0v) is 15.8. The number of carbonyl (C=O) groups excluding carboxylic acids is 1. The molecule has 2 aromatic carbocycles. The molecule has 0 heterocycles. The molecule has 2 rings (SSSR count). The number of aliphatic hydroxyl groups is 1. The normalized spacial score (nSPS) is 10.8. The SMILES string of the molecule is COc1ccc(C(=O)CN(C)Cc2cccc(OCCCO)c2)cc1Cl. The highest BCUT2D eigenvalue weighted by molar-refractivity contribution is 6.32. The van der Waals surface area contributed by atoms with Gasteiger partial charge < -0.3 is 14.6 Å². The number of ether oxygens (including phenoxy) is 2. The van der Waals surface area contributed by atoms with Gasteiger partial charge in [-0.25, -0.2) is 0 Å². The number of hydrogen-bond donors (Lipinski definition) is 1. The van der Waals surface area contributed by atoms with Crippen molar-refractivity contribution in [3.05, 3.63) is 58.6 Å². The summed E-state index contributed by atoms with van der Waals surface area (Å²) >= 11 is 6.09. The van der Waals surface area contributed by atoms with E-state index in [9.17, 15) is 4.79 Å². The van der Waals surface area contributed by atoms with Crippen LogP contribution in [0.25, 0.3) is 0 Å². The smallest absolute Gasteiger partial charge is 0.176 e. The zero-order chi connectivity index (χ0) is 18.9. The maximum atomic E-state index is 12.4. The third-order valence-electron chi connectivity index (χ3n) is 3.81. The Morgan fingerprint density at radius 3 is 2.73 bits per heavy atom. The van der Waals surface area contributed by atoms with Crippen LogP contribution in [0.1, 0.15) is 22.3 Å². The lowest BCUT2D eigenvalue weighted by molar-refractivity contribution is 0.0943. The summed E-state index contributed by atoms with van der Waals surface area (Å²) < 4.78 is 10.7. The summed E-state index contributed by atoms with van der Waals surface area (Å²) in [5.41, 5.74) is 1.61. The van der Waals surface area contributed by atoms with Gasteiger partial charge in [0.15, 0.2) is 5.78 Å². The molecule has 0 aliphatic carbocycles. The number of nitrogens with zero attached hydrogens (tertiary/aromatic N) is 1. The molecule has 0 bridgehead atoms. The monoisotopic (exact) mass is 377 g/mol. The Kier molecular flexibility index (Phi) is 7.91. The van der Waals surface area contributed by atoms with Gasteiger partial charge in [-0.05, 0) is 42.9 Å². The highest BCUT2D eigenvalue weighted by Gasteiger charge is 2.12. The van der Waals surface area contributed by atoms with Crippen molar-refractivity contribution in [2.45, 2.75) is 13.0 Å². The minimum atomic E-state index is -0.00703. The van der Waals surface area contributed by atoms with E-state index in [4.69, 9.17) is 26.2 Å². The standard InChI is InChI=1S/C20H24ClNO4/c1-22(13-15-5-3-6-17(11-15)26-10-4-9-23)14-19(24)16-7-8-20(25-2)18(21)12-16/h3,5-8,11-12,23H,4,9-10,13-14H2,1-2H3. The van der Waals surface area contributed by atoms with E-state index < -0.39 is 0 Å². The Morgan fingerprint density at radius 1 is 1.23 bits per heavy atom. The second-order valence-corrected chi connectivity index (χ2v) is 6.43. The number of benzene rings is 2. The van der Waals surface area contributed by atoms with Crippen LogP contribution in [0.5, 0.6) is 11.5 Å². The van der Waals surface area contributed by atoms with E-state index in [2.05, 4.69) is 0 Å². The van der Waals surface area contributed by atoms with Crippen molar-refractivity contribution in [1.29, 1.82) is 0 Å². The largest absolute Gasteiger partial charge is 0.495 e. The Morgan fingerprint density at radius 2 is 2.04 bits per heavy atom. The molecule has 140 valence electrons. The van der Waals surface area contributed by atoms with Crippen LogP contribution in [0.2, 0.25) is 5.02 Å². The second kappa shape index (κ2) is 10.2. The number of hydrogen-bond acceptors (Lipinski definition) is 5. The van der Waals surface area contributed by atoms with E-state index >= 15 is 0 Å². The molecule has 0 aromatic heterocycles. The van der Waals surface area contributed by atoms with E-state index in [1.807, 2.05) is 36.2 Å². The first kappa shape index (κ1) is 20.2. The van der Waals surface area contributed by atoms with Crippen molar-refractivity contribution in [1.82, 2.24) is 4.90 Å². The third kappa shape index (κ3) is 6.02. The summed E-state index contributed by atoms with van der Waals surface area (Å²) in [7, 11) is 3.43. The van der Waals surface area contributed by atoms with Gasteiger partial charge in [-0.1, -0.05) is 23.7 Å². The number of methoxy groups -OCH3 is 1. The van der Waals surface area contributed by atoms with Crippen molar-refractivity contribution >= 4 is 17.4 Å². The molecule has 0 radical (unpaired) electrons. The van der Waals surface area contributed by atoms with E-state index in [1.54, 1.807) is 18.2 Å². The number of halogens is 1. The number of ketones is 1. The minimum absolute atomic E-state index is 0.00703.